The molecule has 1 saturated heterocycles. The molecule has 0 unspecified atom stereocenters. The molecule has 7 nitrogen and oxygen atoms in total. The van der Waals surface area contributed by atoms with E-state index in [2.05, 4.69) is 0 Å². The first-order chi connectivity index (χ1) is 13.9. The highest BCUT2D eigenvalue weighted by Gasteiger charge is 2.43. The lowest BCUT2D eigenvalue weighted by molar-refractivity contribution is -0.384. The van der Waals surface area contributed by atoms with Crippen LogP contribution in [0.5, 0.6) is 0 Å². The molecule has 2 amide bonds. The second-order valence-electron chi connectivity index (χ2n) is 7.39. The van der Waals surface area contributed by atoms with Crippen LogP contribution in [0.25, 0.3) is 5.57 Å². The van der Waals surface area contributed by atoms with Crippen LogP contribution < -0.4 is 4.90 Å². The van der Waals surface area contributed by atoms with Gasteiger partial charge in [-0.25, -0.2) is 4.90 Å². The quantitative estimate of drug-likeness (QED) is 0.452. The zero-order valence-electron chi connectivity index (χ0n) is 16.3. The first-order valence-corrected chi connectivity index (χ1v) is 9.59. The monoisotopic (exact) mass is 391 g/mol. The fourth-order valence-electron chi connectivity index (χ4n) is 3.96. The van der Waals surface area contributed by atoms with E-state index in [9.17, 15) is 19.7 Å². The van der Waals surface area contributed by atoms with Crippen LogP contribution in [0.15, 0.2) is 48.2 Å². The van der Waals surface area contributed by atoms with Crippen molar-refractivity contribution in [3.8, 4) is 0 Å². The third-order valence-corrected chi connectivity index (χ3v) is 5.67. The number of rotatable bonds is 4. The van der Waals surface area contributed by atoms with E-state index in [1.165, 1.54) is 17.0 Å². The van der Waals surface area contributed by atoms with E-state index in [1.807, 2.05) is 30.9 Å². The number of carbonyl (C=O) groups is 2. The molecule has 0 N–H and O–H groups in total. The van der Waals surface area contributed by atoms with E-state index < -0.39 is 4.92 Å². The SMILES string of the molecule is Cc1cccc(N2C(=O)C(c3ccc([N+](=O)[O-])cc3)=C(N3CCCC3)C2=O)c1C. The van der Waals surface area contributed by atoms with Crippen LogP contribution in [0.1, 0.15) is 29.5 Å². The molecule has 29 heavy (non-hydrogen) atoms. The van der Waals surface area contributed by atoms with Crippen molar-refractivity contribution in [1.82, 2.24) is 4.90 Å². The highest BCUT2D eigenvalue weighted by Crippen LogP contribution is 2.38. The van der Waals surface area contributed by atoms with E-state index in [4.69, 9.17) is 0 Å². The van der Waals surface area contributed by atoms with Gasteiger partial charge < -0.3 is 4.90 Å². The molecular formula is C22H21N3O4. The number of imide groups is 1. The van der Waals surface area contributed by atoms with Crippen LogP contribution in [0.2, 0.25) is 0 Å². The van der Waals surface area contributed by atoms with Gasteiger partial charge in [0, 0.05) is 25.2 Å². The van der Waals surface area contributed by atoms with Crippen molar-refractivity contribution in [2.24, 2.45) is 0 Å². The number of hydrogen-bond donors (Lipinski definition) is 0. The summed E-state index contributed by atoms with van der Waals surface area (Å²) in [7, 11) is 0. The van der Waals surface area contributed by atoms with Crippen LogP contribution in [0.3, 0.4) is 0 Å². The molecule has 0 spiro atoms. The molecule has 2 aliphatic heterocycles. The number of amides is 2. The molecule has 0 saturated carbocycles. The molecule has 2 aromatic carbocycles. The number of hydrogen-bond acceptors (Lipinski definition) is 5. The Balaban J connectivity index is 1.84. The van der Waals surface area contributed by atoms with Crippen molar-refractivity contribution in [3.05, 3.63) is 75.0 Å². The van der Waals surface area contributed by atoms with Crippen molar-refractivity contribution < 1.29 is 14.5 Å². The Morgan fingerprint density at radius 1 is 0.931 bits per heavy atom. The van der Waals surface area contributed by atoms with Crippen LogP contribution >= 0.6 is 0 Å². The average molecular weight is 391 g/mol. The van der Waals surface area contributed by atoms with E-state index in [-0.39, 0.29) is 17.5 Å². The average Bonchev–Trinajstić information content (AvgIpc) is 3.31. The second-order valence-corrected chi connectivity index (χ2v) is 7.39. The van der Waals surface area contributed by atoms with Crippen molar-refractivity contribution >= 4 is 28.8 Å². The minimum Gasteiger partial charge on any atom is -0.366 e. The van der Waals surface area contributed by atoms with Gasteiger partial charge in [-0.2, -0.15) is 0 Å². The smallest absolute Gasteiger partial charge is 0.282 e. The minimum atomic E-state index is -0.483. The maximum absolute atomic E-state index is 13.5. The Morgan fingerprint density at radius 3 is 2.21 bits per heavy atom. The summed E-state index contributed by atoms with van der Waals surface area (Å²) in [6.45, 7) is 5.26. The lowest BCUT2D eigenvalue weighted by Gasteiger charge is -2.21. The number of non-ortho nitro benzene ring substituents is 1. The van der Waals surface area contributed by atoms with Gasteiger partial charge in [-0.3, -0.25) is 19.7 Å². The molecule has 0 atom stereocenters. The predicted octanol–water partition coefficient (Wildman–Crippen LogP) is 3.59. The summed E-state index contributed by atoms with van der Waals surface area (Å²) < 4.78 is 0. The number of nitro benzene ring substituents is 1. The molecule has 7 heteroatoms. The van der Waals surface area contributed by atoms with Gasteiger partial charge in [0.2, 0.25) is 0 Å². The number of likely N-dealkylation sites (tertiary alicyclic amines) is 1. The van der Waals surface area contributed by atoms with Gasteiger partial charge in [0.25, 0.3) is 17.5 Å². The maximum Gasteiger partial charge on any atom is 0.282 e. The number of nitro groups is 1. The summed E-state index contributed by atoms with van der Waals surface area (Å²) in [6, 6.07) is 11.4. The van der Waals surface area contributed by atoms with Crippen LogP contribution in [-0.2, 0) is 9.59 Å². The van der Waals surface area contributed by atoms with Crippen LogP contribution in [0.4, 0.5) is 11.4 Å². The van der Waals surface area contributed by atoms with Crippen molar-refractivity contribution in [3.63, 3.8) is 0 Å². The largest absolute Gasteiger partial charge is 0.366 e. The third kappa shape index (κ3) is 3.08. The Morgan fingerprint density at radius 2 is 1.59 bits per heavy atom. The molecule has 2 aliphatic rings. The van der Waals surface area contributed by atoms with Gasteiger partial charge in [0.15, 0.2) is 0 Å². The lowest BCUT2D eigenvalue weighted by atomic mass is 10.0. The predicted molar refractivity (Wildman–Crippen MR) is 109 cm³/mol. The van der Waals surface area contributed by atoms with E-state index in [0.29, 0.717) is 35.6 Å². The molecule has 0 bridgehead atoms. The molecule has 1 fully saturated rings. The maximum atomic E-state index is 13.5. The molecule has 148 valence electrons. The second kappa shape index (κ2) is 7.16. The molecule has 0 aromatic heterocycles. The van der Waals surface area contributed by atoms with Crippen LogP contribution in [0, 0.1) is 24.0 Å². The normalized spacial score (nSPS) is 16.9. The first kappa shape index (κ1) is 18.9. The van der Waals surface area contributed by atoms with Gasteiger partial charge in [0.05, 0.1) is 16.2 Å². The lowest BCUT2D eigenvalue weighted by Crippen LogP contribution is -2.35. The molecule has 0 radical (unpaired) electrons. The van der Waals surface area contributed by atoms with Gasteiger partial charge in [-0.15, -0.1) is 0 Å². The number of nitrogens with zero attached hydrogens (tertiary/aromatic N) is 3. The summed E-state index contributed by atoms with van der Waals surface area (Å²) in [5.41, 5.74) is 3.61. The fraction of sp³-hybridized carbons (Fsp3) is 0.273. The van der Waals surface area contributed by atoms with E-state index >= 15 is 0 Å². The highest BCUT2D eigenvalue weighted by atomic mass is 16.6. The first-order valence-electron chi connectivity index (χ1n) is 9.59. The van der Waals surface area contributed by atoms with Gasteiger partial charge >= 0.3 is 0 Å². The fourth-order valence-corrected chi connectivity index (χ4v) is 3.96. The van der Waals surface area contributed by atoms with Gasteiger partial charge in [-0.05, 0) is 61.6 Å². The number of anilines is 1. The summed E-state index contributed by atoms with van der Waals surface area (Å²) in [6.07, 6.45) is 1.92. The topological polar surface area (TPSA) is 83.8 Å². The zero-order chi connectivity index (χ0) is 20.7. The number of aryl methyl sites for hydroxylation is 1. The van der Waals surface area contributed by atoms with Crippen molar-refractivity contribution in [2.45, 2.75) is 26.7 Å². The Bertz CT molecular complexity index is 1050. The van der Waals surface area contributed by atoms with Crippen molar-refractivity contribution in [1.29, 1.82) is 0 Å². The van der Waals surface area contributed by atoms with Crippen LogP contribution in [-0.4, -0.2) is 34.7 Å². The zero-order valence-corrected chi connectivity index (χ0v) is 16.3. The van der Waals surface area contributed by atoms with Gasteiger partial charge in [0.1, 0.15) is 5.70 Å². The standard InChI is InChI=1S/C22H21N3O4/c1-14-6-5-7-18(15(14)2)24-21(26)19(16-8-10-17(11-9-16)25(28)29)20(22(24)27)23-12-3-4-13-23/h5-11H,3-4,12-13H2,1-2H3. The molecular weight excluding hydrogens is 370 g/mol. The Hall–Kier alpha value is -3.48. The molecule has 0 aliphatic carbocycles. The highest BCUT2D eigenvalue weighted by molar-refractivity contribution is 6.45. The van der Waals surface area contributed by atoms with E-state index in [0.717, 1.165) is 24.0 Å². The van der Waals surface area contributed by atoms with E-state index in [1.54, 1.807) is 18.2 Å². The summed E-state index contributed by atoms with van der Waals surface area (Å²) in [4.78, 5) is 40.6. The Kier molecular flexibility index (Phi) is 4.66. The summed E-state index contributed by atoms with van der Waals surface area (Å²) >= 11 is 0. The third-order valence-electron chi connectivity index (χ3n) is 5.67. The molecule has 4 rings (SSSR count). The molecule has 2 heterocycles. The summed E-state index contributed by atoms with van der Waals surface area (Å²) in [5.74, 6) is -0.724. The van der Waals surface area contributed by atoms with Gasteiger partial charge in [-0.1, -0.05) is 12.1 Å². The summed E-state index contributed by atoms with van der Waals surface area (Å²) in [5, 5.41) is 11.0. The Labute approximate surface area is 168 Å². The molecule has 2 aromatic rings. The minimum absolute atomic E-state index is 0.0553. The number of carbonyl (C=O) groups excluding carboxylic acids is 2. The van der Waals surface area contributed by atoms with Crippen molar-refractivity contribution in [2.75, 3.05) is 18.0 Å². The number of benzene rings is 2.